The van der Waals surface area contributed by atoms with E-state index >= 15 is 0 Å². The van der Waals surface area contributed by atoms with Crippen LogP contribution in [0.2, 0.25) is 0 Å². The van der Waals surface area contributed by atoms with Crippen LogP contribution in [-0.4, -0.2) is 37.7 Å². The molecule has 0 saturated heterocycles. The van der Waals surface area contributed by atoms with Gasteiger partial charge in [0.05, 0.1) is 18.7 Å². The summed E-state index contributed by atoms with van der Waals surface area (Å²) in [5.74, 6) is 1.89. The summed E-state index contributed by atoms with van der Waals surface area (Å²) in [4.78, 5) is 30.9. The molecule has 7 atom stereocenters. The van der Waals surface area contributed by atoms with E-state index in [9.17, 15) is 9.59 Å². The molecule has 0 radical (unpaired) electrons. The lowest BCUT2D eigenvalue weighted by atomic mass is 9.43. The van der Waals surface area contributed by atoms with Crippen molar-refractivity contribution >= 4 is 29.9 Å². The van der Waals surface area contributed by atoms with E-state index in [1.54, 1.807) is 0 Å². The van der Waals surface area contributed by atoms with E-state index in [2.05, 4.69) is 19.0 Å². The summed E-state index contributed by atoms with van der Waals surface area (Å²) in [6.45, 7) is 5.45. The number of carbonyl (C=O) groups excluding carboxylic acids is 2. The molecule has 0 spiro atoms. The summed E-state index contributed by atoms with van der Waals surface area (Å²) in [6, 6.07) is 0. The normalized spacial score (nSPS) is 43.8. The molecule has 0 aromatic rings. The number of nitrogens with zero attached hydrogens (tertiary/aromatic N) is 1. The Balaban J connectivity index is 0.00000256. The smallest absolute Gasteiger partial charge is 0.308 e. The van der Waals surface area contributed by atoms with Crippen molar-refractivity contribution in [1.82, 2.24) is 0 Å². The first-order valence-corrected chi connectivity index (χ1v) is 11.3. The number of fused-ring (bicyclic) bond motifs is 5. The van der Waals surface area contributed by atoms with Crippen LogP contribution in [0.4, 0.5) is 0 Å². The van der Waals surface area contributed by atoms with E-state index in [4.69, 9.17) is 15.3 Å². The number of carbonyl (C=O) groups is 2. The van der Waals surface area contributed by atoms with Gasteiger partial charge < -0.3 is 15.3 Å². The number of ketones is 1. The Morgan fingerprint density at radius 3 is 2.63 bits per heavy atom. The lowest BCUT2D eigenvalue weighted by Gasteiger charge is -2.61. The van der Waals surface area contributed by atoms with Crippen LogP contribution in [0.25, 0.3) is 0 Å². The molecule has 4 fully saturated rings. The molecular formula is C23H37ClN2O4. The van der Waals surface area contributed by atoms with Crippen LogP contribution in [0.3, 0.4) is 0 Å². The molecule has 4 aliphatic carbocycles. The van der Waals surface area contributed by atoms with Gasteiger partial charge in [0, 0.05) is 18.4 Å². The van der Waals surface area contributed by atoms with Gasteiger partial charge in [-0.25, -0.2) is 0 Å². The summed E-state index contributed by atoms with van der Waals surface area (Å²) in [6.07, 6.45) is 7.38. The maximum absolute atomic E-state index is 12.9. The molecule has 4 aliphatic rings. The number of hydrogen-bond acceptors (Lipinski definition) is 6. The van der Waals surface area contributed by atoms with E-state index in [-0.39, 0.29) is 41.0 Å². The third-order valence-electron chi connectivity index (χ3n) is 9.17. The van der Waals surface area contributed by atoms with Gasteiger partial charge in [0.1, 0.15) is 12.4 Å². The third kappa shape index (κ3) is 3.58. The number of hydrogen-bond donors (Lipinski definition) is 1. The molecule has 4 saturated carbocycles. The van der Waals surface area contributed by atoms with E-state index in [1.165, 1.54) is 7.11 Å². The highest BCUT2D eigenvalue weighted by Crippen LogP contribution is 2.66. The Hall–Kier alpha value is -1.14. The van der Waals surface area contributed by atoms with Crippen LogP contribution in [0.15, 0.2) is 5.16 Å². The molecule has 0 amide bonds. The van der Waals surface area contributed by atoms with Crippen molar-refractivity contribution in [3.63, 3.8) is 0 Å². The summed E-state index contributed by atoms with van der Waals surface area (Å²) in [5, 5.41) is 4.33. The van der Waals surface area contributed by atoms with Gasteiger partial charge >= 0.3 is 5.97 Å². The van der Waals surface area contributed by atoms with E-state index in [0.29, 0.717) is 43.1 Å². The molecular weight excluding hydrogens is 404 g/mol. The second kappa shape index (κ2) is 8.78. The Labute approximate surface area is 186 Å². The van der Waals surface area contributed by atoms with Gasteiger partial charge in [0.15, 0.2) is 0 Å². The molecule has 0 bridgehead atoms. The van der Waals surface area contributed by atoms with Gasteiger partial charge in [-0.05, 0) is 74.0 Å². The predicted octanol–water partition coefficient (Wildman–Crippen LogP) is 3.75. The van der Waals surface area contributed by atoms with E-state index < -0.39 is 0 Å². The molecule has 0 aromatic carbocycles. The maximum Gasteiger partial charge on any atom is 0.308 e. The fourth-order valence-corrected chi connectivity index (χ4v) is 7.60. The lowest BCUT2D eigenvalue weighted by molar-refractivity contribution is -0.167. The lowest BCUT2D eigenvalue weighted by Crippen LogP contribution is -2.57. The number of ether oxygens (including phenoxy) is 1. The molecule has 0 aliphatic heterocycles. The molecule has 30 heavy (non-hydrogen) atoms. The molecule has 170 valence electrons. The van der Waals surface area contributed by atoms with E-state index in [1.807, 2.05) is 0 Å². The number of esters is 1. The Morgan fingerprint density at radius 1 is 1.17 bits per heavy atom. The predicted molar refractivity (Wildman–Crippen MR) is 117 cm³/mol. The van der Waals surface area contributed by atoms with Crippen molar-refractivity contribution in [3.05, 3.63) is 0 Å². The fourth-order valence-electron chi connectivity index (χ4n) is 7.60. The summed E-state index contributed by atoms with van der Waals surface area (Å²) in [7, 11) is 1.50. The average Bonchev–Trinajstić information content (AvgIpc) is 3.02. The van der Waals surface area contributed by atoms with Gasteiger partial charge in [0.2, 0.25) is 0 Å². The highest BCUT2D eigenvalue weighted by molar-refractivity contribution is 5.88. The van der Waals surface area contributed by atoms with Crippen molar-refractivity contribution in [2.45, 2.75) is 65.2 Å². The summed E-state index contributed by atoms with van der Waals surface area (Å²) in [5.41, 5.74) is 6.46. The maximum atomic E-state index is 12.9. The highest BCUT2D eigenvalue weighted by Gasteiger charge is 2.63. The molecule has 0 heterocycles. The van der Waals surface area contributed by atoms with Crippen molar-refractivity contribution < 1.29 is 19.2 Å². The highest BCUT2D eigenvalue weighted by atomic mass is 35.5. The van der Waals surface area contributed by atoms with Gasteiger partial charge in [-0.3, -0.25) is 9.59 Å². The van der Waals surface area contributed by atoms with Crippen molar-refractivity contribution in [2.24, 2.45) is 51.3 Å². The topological polar surface area (TPSA) is 91.0 Å². The zero-order valence-corrected chi connectivity index (χ0v) is 19.3. The third-order valence-corrected chi connectivity index (χ3v) is 9.17. The zero-order chi connectivity index (χ0) is 20.8. The van der Waals surface area contributed by atoms with Crippen LogP contribution in [0, 0.1) is 40.4 Å². The average molecular weight is 441 g/mol. The monoisotopic (exact) mass is 440 g/mol. The van der Waals surface area contributed by atoms with Crippen LogP contribution in [0.5, 0.6) is 0 Å². The first-order valence-electron chi connectivity index (χ1n) is 11.3. The van der Waals surface area contributed by atoms with E-state index in [0.717, 1.165) is 50.7 Å². The molecule has 4 rings (SSSR count). The summed E-state index contributed by atoms with van der Waals surface area (Å²) < 4.78 is 5.26. The Kier molecular flexibility index (Phi) is 6.88. The summed E-state index contributed by atoms with van der Waals surface area (Å²) >= 11 is 0. The minimum Gasteiger partial charge on any atom is -0.469 e. The standard InChI is InChI=1S/C23H36N2O4.ClH/c1-22-8-6-14(25-29-11-10-24)12-19(22)16(21(27)28-3)13-15-17-4-5-20(26)23(17,2)9-7-18(15)22;/h15-19H,4-13,24H2,1-3H3;1H/b25-14+;/t15-,16-,17-,18-,19+,22+,23-;/m0./s1. The Bertz CT molecular complexity index is 713. The van der Waals surface area contributed by atoms with Crippen LogP contribution < -0.4 is 5.73 Å². The minimum atomic E-state index is -0.178. The number of methoxy groups -OCH3 is 1. The second-order valence-corrected chi connectivity index (χ2v) is 10.3. The van der Waals surface area contributed by atoms with Gasteiger partial charge in [-0.15, -0.1) is 12.4 Å². The second-order valence-electron chi connectivity index (χ2n) is 10.3. The Morgan fingerprint density at radius 2 is 1.93 bits per heavy atom. The SMILES string of the molecule is COC(=O)[C@H]1C[C@@H]2[C@H](CC[C@]3(C)C(=O)CC[C@@H]23)[C@@]2(C)CC/C(=N\OCCN)C[C@H]12.Cl. The van der Waals surface area contributed by atoms with Gasteiger partial charge in [-0.2, -0.15) is 0 Å². The van der Waals surface area contributed by atoms with Crippen molar-refractivity contribution in [3.8, 4) is 0 Å². The zero-order valence-electron chi connectivity index (χ0n) is 18.5. The number of halogens is 1. The van der Waals surface area contributed by atoms with Crippen LogP contribution in [-0.2, 0) is 19.2 Å². The first-order chi connectivity index (χ1) is 13.8. The molecule has 7 heteroatoms. The number of Topliss-reactive ketones (excluding diaryl/α,β-unsaturated/α-hetero) is 1. The van der Waals surface area contributed by atoms with Gasteiger partial charge in [0.25, 0.3) is 0 Å². The van der Waals surface area contributed by atoms with Crippen LogP contribution in [0.1, 0.15) is 65.2 Å². The van der Waals surface area contributed by atoms with Crippen molar-refractivity contribution in [1.29, 1.82) is 0 Å². The molecule has 0 unspecified atom stereocenters. The number of oxime groups is 1. The van der Waals surface area contributed by atoms with Gasteiger partial charge in [-0.1, -0.05) is 19.0 Å². The largest absolute Gasteiger partial charge is 0.469 e. The van der Waals surface area contributed by atoms with Crippen LogP contribution >= 0.6 is 12.4 Å². The quantitative estimate of drug-likeness (QED) is 0.408. The molecule has 6 nitrogen and oxygen atoms in total. The molecule has 2 N–H and O–H groups in total. The number of nitrogens with two attached hydrogens (primary N) is 1. The van der Waals surface area contributed by atoms with Crippen molar-refractivity contribution in [2.75, 3.05) is 20.3 Å². The fraction of sp³-hybridized carbons (Fsp3) is 0.870. The first kappa shape index (κ1) is 23.5. The minimum absolute atomic E-state index is 0. The number of rotatable bonds is 4. The molecule has 0 aromatic heterocycles.